The normalized spacial score (nSPS) is 11.5. The highest BCUT2D eigenvalue weighted by Crippen LogP contribution is 2.25. The van der Waals surface area contributed by atoms with Gasteiger partial charge >= 0.3 is 5.97 Å². The first kappa shape index (κ1) is 14.8. The smallest absolute Gasteiger partial charge is 0.344 e. The quantitative estimate of drug-likeness (QED) is 0.612. The first-order valence-electron chi connectivity index (χ1n) is 5.95. The molecule has 0 aliphatic rings. The zero-order valence-corrected chi connectivity index (χ0v) is 11.2. The molecule has 1 rings (SSSR count). The van der Waals surface area contributed by atoms with Gasteiger partial charge in [0.15, 0.2) is 6.10 Å². The molecule has 0 saturated heterocycles. The van der Waals surface area contributed by atoms with Gasteiger partial charge < -0.3 is 20.5 Å². The Labute approximate surface area is 111 Å². The SMILES string of the molecule is CCOc1cccc(N)c1C(=O)OC(C)C(=O)NC. The largest absolute Gasteiger partial charge is 0.493 e. The van der Waals surface area contributed by atoms with Gasteiger partial charge in [-0.1, -0.05) is 6.07 Å². The lowest BCUT2D eigenvalue weighted by molar-refractivity contribution is -0.128. The van der Waals surface area contributed by atoms with Crippen LogP contribution in [0, 0.1) is 0 Å². The average Bonchev–Trinajstić information content (AvgIpc) is 2.38. The molecule has 1 aromatic rings. The average molecular weight is 266 g/mol. The number of likely N-dealkylation sites (N-methyl/N-ethyl adjacent to an activating group) is 1. The second-order valence-electron chi connectivity index (χ2n) is 3.82. The van der Waals surface area contributed by atoms with E-state index in [1.54, 1.807) is 25.1 Å². The molecule has 1 atom stereocenters. The Morgan fingerprint density at radius 3 is 2.68 bits per heavy atom. The summed E-state index contributed by atoms with van der Waals surface area (Å²) in [5.74, 6) is -0.727. The summed E-state index contributed by atoms with van der Waals surface area (Å²) < 4.78 is 10.4. The van der Waals surface area contributed by atoms with Crippen molar-refractivity contribution in [3.63, 3.8) is 0 Å². The number of rotatable bonds is 5. The van der Waals surface area contributed by atoms with Crippen LogP contribution in [0.1, 0.15) is 24.2 Å². The molecule has 104 valence electrons. The fraction of sp³-hybridized carbons (Fsp3) is 0.385. The van der Waals surface area contributed by atoms with Crippen molar-refractivity contribution < 1.29 is 19.1 Å². The van der Waals surface area contributed by atoms with Gasteiger partial charge in [0, 0.05) is 12.7 Å². The van der Waals surface area contributed by atoms with Gasteiger partial charge in [-0.05, 0) is 26.0 Å². The molecule has 0 aliphatic carbocycles. The van der Waals surface area contributed by atoms with E-state index < -0.39 is 12.1 Å². The highest BCUT2D eigenvalue weighted by molar-refractivity contribution is 5.99. The van der Waals surface area contributed by atoms with Gasteiger partial charge in [-0.15, -0.1) is 0 Å². The zero-order chi connectivity index (χ0) is 14.4. The van der Waals surface area contributed by atoms with Gasteiger partial charge in [0.2, 0.25) is 0 Å². The topological polar surface area (TPSA) is 90.7 Å². The van der Waals surface area contributed by atoms with Crippen molar-refractivity contribution in [1.82, 2.24) is 5.32 Å². The zero-order valence-electron chi connectivity index (χ0n) is 11.2. The van der Waals surface area contributed by atoms with Crippen LogP contribution in [0.2, 0.25) is 0 Å². The molecular formula is C13H18N2O4. The Balaban J connectivity index is 2.96. The van der Waals surface area contributed by atoms with Crippen molar-refractivity contribution in [3.05, 3.63) is 23.8 Å². The molecular weight excluding hydrogens is 248 g/mol. The van der Waals surface area contributed by atoms with Crippen LogP contribution in [0.5, 0.6) is 5.75 Å². The third kappa shape index (κ3) is 3.61. The molecule has 6 nitrogen and oxygen atoms in total. The lowest BCUT2D eigenvalue weighted by Crippen LogP contribution is -2.33. The summed E-state index contributed by atoms with van der Waals surface area (Å²) in [5, 5.41) is 2.40. The van der Waals surface area contributed by atoms with E-state index >= 15 is 0 Å². The maximum absolute atomic E-state index is 12.0. The number of nitrogens with one attached hydrogen (secondary N) is 1. The molecule has 0 spiro atoms. The monoisotopic (exact) mass is 266 g/mol. The molecule has 0 radical (unpaired) electrons. The number of ether oxygens (including phenoxy) is 2. The number of amides is 1. The molecule has 1 amide bonds. The predicted molar refractivity (Wildman–Crippen MR) is 71.0 cm³/mol. The van der Waals surface area contributed by atoms with E-state index in [1.807, 2.05) is 0 Å². The number of nitrogens with two attached hydrogens (primary N) is 1. The predicted octanol–water partition coefficient (Wildman–Crippen LogP) is 0.959. The second kappa shape index (κ2) is 6.63. The molecule has 0 heterocycles. The molecule has 19 heavy (non-hydrogen) atoms. The van der Waals surface area contributed by atoms with E-state index in [9.17, 15) is 9.59 Å². The van der Waals surface area contributed by atoms with Gasteiger partial charge in [0.05, 0.1) is 6.61 Å². The van der Waals surface area contributed by atoms with E-state index in [-0.39, 0.29) is 17.2 Å². The summed E-state index contributed by atoms with van der Waals surface area (Å²) in [6, 6.07) is 4.88. The Morgan fingerprint density at radius 1 is 1.42 bits per heavy atom. The number of anilines is 1. The number of esters is 1. The van der Waals surface area contributed by atoms with Crippen molar-refractivity contribution in [1.29, 1.82) is 0 Å². The van der Waals surface area contributed by atoms with Gasteiger partial charge in [0.1, 0.15) is 11.3 Å². The fourth-order valence-corrected chi connectivity index (χ4v) is 1.52. The van der Waals surface area contributed by atoms with Crippen LogP contribution in [0.25, 0.3) is 0 Å². The summed E-state index contributed by atoms with van der Waals surface area (Å²) in [6.07, 6.45) is -0.897. The second-order valence-corrected chi connectivity index (χ2v) is 3.82. The van der Waals surface area contributed by atoms with Crippen molar-refractivity contribution in [3.8, 4) is 5.75 Å². The summed E-state index contributed by atoms with van der Waals surface area (Å²) in [6.45, 7) is 3.68. The van der Waals surface area contributed by atoms with E-state index in [1.165, 1.54) is 14.0 Å². The Hall–Kier alpha value is -2.24. The van der Waals surface area contributed by atoms with Crippen LogP contribution in [0.4, 0.5) is 5.69 Å². The number of hydrogen-bond donors (Lipinski definition) is 2. The van der Waals surface area contributed by atoms with E-state index in [0.717, 1.165) is 0 Å². The molecule has 0 fully saturated rings. The number of carbonyl (C=O) groups excluding carboxylic acids is 2. The van der Waals surface area contributed by atoms with Crippen LogP contribution < -0.4 is 15.8 Å². The maximum atomic E-state index is 12.0. The Bertz CT molecular complexity index is 474. The third-order valence-corrected chi connectivity index (χ3v) is 2.46. The van der Waals surface area contributed by atoms with Crippen molar-refractivity contribution >= 4 is 17.6 Å². The molecule has 0 aromatic heterocycles. The molecule has 0 aliphatic heterocycles. The van der Waals surface area contributed by atoms with E-state index in [0.29, 0.717) is 12.4 Å². The molecule has 0 bridgehead atoms. The third-order valence-electron chi connectivity index (χ3n) is 2.46. The highest BCUT2D eigenvalue weighted by Gasteiger charge is 2.22. The van der Waals surface area contributed by atoms with Crippen LogP contribution in [-0.2, 0) is 9.53 Å². The number of hydrogen-bond acceptors (Lipinski definition) is 5. The first-order valence-corrected chi connectivity index (χ1v) is 5.95. The minimum atomic E-state index is -0.897. The van der Waals surface area contributed by atoms with Crippen LogP contribution in [0.15, 0.2) is 18.2 Å². The van der Waals surface area contributed by atoms with Crippen molar-refractivity contribution in [2.45, 2.75) is 20.0 Å². The van der Waals surface area contributed by atoms with Gasteiger partial charge in [0.25, 0.3) is 5.91 Å². The van der Waals surface area contributed by atoms with Crippen molar-refractivity contribution in [2.75, 3.05) is 19.4 Å². The Kier molecular flexibility index (Phi) is 5.17. The van der Waals surface area contributed by atoms with E-state index in [4.69, 9.17) is 15.2 Å². The highest BCUT2D eigenvalue weighted by atomic mass is 16.5. The molecule has 1 aromatic carbocycles. The fourth-order valence-electron chi connectivity index (χ4n) is 1.52. The molecule has 1 unspecified atom stereocenters. The van der Waals surface area contributed by atoms with Crippen LogP contribution in [0.3, 0.4) is 0 Å². The number of nitrogen functional groups attached to an aromatic ring is 1. The van der Waals surface area contributed by atoms with Crippen molar-refractivity contribution in [2.24, 2.45) is 0 Å². The van der Waals surface area contributed by atoms with Gasteiger partial charge in [-0.3, -0.25) is 4.79 Å². The van der Waals surface area contributed by atoms with Gasteiger partial charge in [-0.2, -0.15) is 0 Å². The first-order chi connectivity index (χ1) is 9.01. The van der Waals surface area contributed by atoms with Gasteiger partial charge in [-0.25, -0.2) is 4.79 Å². The lowest BCUT2D eigenvalue weighted by Gasteiger charge is -2.15. The Morgan fingerprint density at radius 2 is 2.11 bits per heavy atom. The lowest BCUT2D eigenvalue weighted by atomic mass is 10.1. The van der Waals surface area contributed by atoms with E-state index in [2.05, 4.69) is 5.32 Å². The molecule has 6 heteroatoms. The standard InChI is InChI=1S/C13H18N2O4/c1-4-18-10-7-5-6-9(14)11(10)13(17)19-8(2)12(16)15-3/h5-8H,4,14H2,1-3H3,(H,15,16). The minimum Gasteiger partial charge on any atom is -0.493 e. The summed E-state index contributed by atoms with van der Waals surface area (Å²) in [5.41, 5.74) is 6.14. The number of carbonyl (C=O) groups is 2. The minimum absolute atomic E-state index is 0.139. The summed E-state index contributed by atoms with van der Waals surface area (Å²) in [4.78, 5) is 23.4. The summed E-state index contributed by atoms with van der Waals surface area (Å²) in [7, 11) is 1.47. The summed E-state index contributed by atoms with van der Waals surface area (Å²) >= 11 is 0. The molecule has 0 saturated carbocycles. The maximum Gasteiger partial charge on any atom is 0.344 e. The number of benzene rings is 1. The molecule has 3 N–H and O–H groups in total. The van der Waals surface area contributed by atoms with Crippen LogP contribution in [-0.4, -0.2) is 31.6 Å². The van der Waals surface area contributed by atoms with Crippen LogP contribution >= 0.6 is 0 Å².